The molecule has 196 valence electrons. The molecule has 1 saturated carbocycles. The molecule has 2 aromatic heterocycles. The lowest BCUT2D eigenvalue weighted by Crippen LogP contribution is -2.21. The molecular weight excluding hydrogens is 486 g/mol. The predicted octanol–water partition coefficient (Wildman–Crippen LogP) is 11.1. The molecule has 0 radical (unpaired) electrons. The number of hydrogen-bond donors (Lipinski definition) is 0. The van der Waals surface area contributed by atoms with Crippen LogP contribution in [0.1, 0.15) is 62.0 Å². The van der Waals surface area contributed by atoms with Gasteiger partial charge in [-0.3, -0.25) is 4.98 Å². The van der Waals surface area contributed by atoms with Gasteiger partial charge in [-0.05, 0) is 107 Å². The molecular formula is C38H33NO. The van der Waals surface area contributed by atoms with Crippen LogP contribution in [0.25, 0.3) is 65.5 Å². The summed E-state index contributed by atoms with van der Waals surface area (Å²) in [4.78, 5) is 4.86. The molecule has 0 bridgehead atoms. The monoisotopic (exact) mass is 523 g/mol. The van der Waals surface area contributed by atoms with Crippen LogP contribution < -0.4 is 0 Å². The normalized spacial score (nSPS) is 18.6. The highest BCUT2D eigenvalue weighted by atomic mass is 16.3. The largest absolute Gasteiger partial charge is 0.456 e. The van der Waals surface area contributed by atoms with Crippen molar-refractivity contribution in [1.82, 2.24) is 4.98 Å². The molecule has 7 aromatic rings. The highest BCUT2D eigenvalue weighted by Gasteiger charge is 2.30. The number of fused-ring (bicyclic) bond motifs is 9. The summed E-state index contributed by atoms with van der Waals surface area (Å²) in [7, 11) is 0. The van der Waals surface area contributed by atoms with Crippen LogP contribution in [-0.4, -0.2) is 4.98 Å². The van der Waals surface area contributed by atoms with Gasteiger partial charge in [-0.25, -0.2) is 0 Å². The van der Waals surface area contributed by atoms with Crippen molar-refractivity contribution in [1.29, 1.82) is 0 Å². The summed E-state index contributed by atoms with van der Waals surface area (Å²) < 4.78 is 42.0. The van der Waals surface area contributed by atoms with Crippen LogP contribution in [0.2, 0.25) is 0 Å². The van der Waals surface area contributed by atoms with E-state index < -0.39 is 12.7 Å². The Morgan fingerprint density at radius 3 is 2.30 bits per heavy atom. The van der Waals surface area contributed by atoms with Gasteiger partial charge < -0.3 is 4.42 Å². The van der Waals surface area contributed by atoms with Gasteiger partial charge in [-0.15, -0.1) is 0 Å². The summed E-state index contributed by atoms with van der Waals surface area (Å²) in [6, 6.07) is 29.0. The molecule has 1 fully saturated rings. The number of rotatable bonds is 2. The van der Waals surface area contributed by atoms with Gasteiger partial charge in [0.25, 0.3) is 0 Å². The van der Waals surface area contributed by atoms with Crippen LogP contribution in [0, 0.1) is 12.3 Å². The minimum absolute atomic E-state index is 0.126. The smallest absolute Gasteiger partial charge is 0.136 e. The molecule has 0 spiro atoms. The first-order chi connectivity index (χ1) is 21.0. The van der Waals surface area contributed by atoms with Crippen molar-refractivity contribution in [3.05, 3.63) is 102 Å². The summed E-state index contributed by atoms with van der Waals surface area (Å²) >= 11 is 0. The van der Waals surface area contributed by atoms with Gasteiger partial charge in [0.1, 0.15) is 11.2 Å². The van der Waals surface area contributed by atoms with Crippen molar-refractivity contribution in [2.75, 3.05) is 0 Å². The number of pyridine rings is 1. The van der Waals surface area contributed by atoms with Gasteiger partial charge >= 0.3 is 0 Å². The summed E-state index contributed by atoms with van der Waals surface area (Å²) in [5.74, 6) is -1.04. The summed E-state index contributed by atoms with van der Waals surface area (Å²) in [5.41, 5.74) is 5.51. The molecule has 0 saturated heterocycles. The quantitative estimate of drug-likeness (QED) is 0.211. The van der Waals surface area contributed by atoms with Crippen molar-refractivity contribution in [2.24, 2.45) is 5.41 Å². The average Bonchev–Trinajstić information content (AvgIpc) is 3.38. The van der Waals surface area contributed by atoms with E-state index in [1.165, 1.54) is 6.20 Å². The van der Waals surface area contributed by atoms with Crippen LogP contribution >= 0.6 is 0 Å². The molecule has 5 aromatic carbocycles. The summed E-state index contributed by atoms with van der Waals surface area (Å²) in [6.07, 6.45) is 4.47. The van der Waals surface area contributed by atoms with E-state index >= 15 is 0 Å². The third kappa shape index (κ3) is 3.59. The Labute approximate surface area is 240 Å². The molecule has 2 heteroatoms. The molecule has 1 aliphatic rings. The fourth-order valence-corrected chi connectivity index (χ4v) is 6.81. The van der Waals surface area contributed by atoms with Gasteiger partial charge in [0.15, 0.2) is 0 Å². The van der Waals surface area contributed by atoms with Crippen molar-refractivity contribution in [3.63, 3.8) is 0 Å². The minimum atomic E-state index is -2.40. The maximum atomic E-state index is 9.92. The first-order valence-electron chi connectivity index (χ1n) is 16.2. The van der Waals surface area contributed by atoms with Gasteiger partial charge in [0.05, 0.1) is 5.52 Å². The zero-order valence-electron chi connectivity index (χ0n) is 26.8. The Morgan fingerprint density at radius 2 is 1.50 bits per heavy atom. The van der Waals surface area contributed by atoms with E-state index in [1.54, 1.807) is 0 Å². The predicted molar refractivity (Wildman–Crippen MR) is 169 cm³/mol. The van der Waals surface area contributed by atoms with E-state index in [4.69, 9.17) is 13.5 Å². The van der Waals surface area contributed by atoms with E-state index in [1.807, 2.05) is 36.4 Å². The summed E-state index contributed by atoms with van der Waals surface area (Å²) in [6.45, 7) is 2.09. The van der Waals surface area contributed by atoms with Crippen LogP contribution in [0.3, 0.4) is 0 Å². The molecule has 0 N–H and O–H groups in total. The van der Waals surface area contributed by atoms with Crippen LogP contribution in [0.5, 0.6) is 0 Å². The molecule has 8 rings (SSSR count). The lowest BCUT2D eigenvalue weighted by molar-refractivity contribution is 0.225. The Kier molecular flexibility index (Phi) is 4.29. The van der Waals surface area contributed by atoms with Crippen LogP contribution in [0.15, 0.2) is 95.5 Å². The molecule has 0 unspecified atom stereocenters. The number of aromatic nitrogens is 1. The first-order valence-corrected chi connectivity index (χ1v) is 14.2. The van der Waals surface area contributed by atoms with E-state index in [0.717, 1.165) is 78.4 Å². The third-order valence-corrected chi connectivity index (χ3v) is 9.10. The second kappa shape index (κ2) is 8.66. The third-order valence-electron chi connectivity index (χ3n) is 9.10. The lowest BCUT2D eigenvalue weighted by atomic mass is 9.70. The maximum Gasteiger partial charge on any atom is 0.136 e. The first kappa shape index (κ1) is 19.8. The van der Waals surface area contributed by atoms with Crippen LogP contribution in [-0.2, 0) is 0 Å². The van der Waals surface area contributed by atoms with Gasteiger partial charge in [-0.2, -0.15) is 0 Å². The number of hydrogen-bond acceptors (Lipinski definition) is 2. The molecule has 0 atom stereocenters. The van der Waals surface area contributed by atoms with E-state index in [2.05, 4.69) is 62.4 Å². The Morgan fingerprint density at radius 1 is 0.750 bits per heavy atom. The number of furan rings is 1. The molecule has 2 heterocycles. The summed E-state index contributed by atoms with van der Waals surface area (Å²) in [5, 5.41) is 6.65. The van der Waals surface area contributed by atoms with E-state index in [9.17, 15) is 1.37 Å². The van der Waals surface area contributed by atoms with Gasteiger partial charge in [0.2, 0.25) is 0 Å². The Balaban J connectivity index is 1.53. The van der Waals surface area contributed by atoms with Crippen molar-refractivity contribution >= 4 is 54.4 Å². The SMILES string of the molecule is [2H]C([2H])([2H])c1cnc2c3ccccc3c3cc4oc5ccc(-c6ccccc6)cc5c4cc3c2c1C1([2H])CCC(C)(C)CC1. The standard InChI is InChI=1S/C38H33NO/c1-23-22-39-37-28-12-8-7-11-27(28)29-21-34-31(20-32(29)36(37)35(23)25-15-17-38(2,3)18-16-25)30-19-26(13-14-33(30)40-34)24-9-5-4-6-10-24/h4-14,19-22,25H,15-18H2,1-3H3/i1D3,25D. The molecule has 2 nitrogen and oxygen atoms in total. The van der Waals surface area contributed by atoms with Crippen molar-refractivity contribution < 1.29 is 9.90 Å². The number of benzene rings is 5. The van der Waals surface area contributed by atoms with Gasteiger partial charge in [-0.1, -0.05) is 74.5 Å². The Hall–Kier alpha value is -4.17. The Bertz CT molecular complexity index is 2250. The highest BCUT2D eigenvalue weighted by molar-refractivity contribution is 6.28. The second-order valence-electron chi connectivity index (χ2n) is 12.2. The topological polar surface area (TPSA) is 26.0 Å². The number of aryl methyl sites for hydroxylation is 1. The van der Waals surface area contributed by atoms with Crippen molar-refractivity contribution in [3.8, 4) is 11.1 Å². The second-order valence-corrected chi connectivity index (χ2v) is 12.2. The molecule has 1 aliphatic carbocycles. The fourth-order valence-electron chi connectivity index (χ4n) is 6.81. The minimum Gasteiger partial charge on any atom is -0.456 e. The lowest BCUT2D eigenvalue weighted by Gasteiger charge is -2.35. The van der Waals surface area contributed by atoms with Gasteiger partial charge in [0, 0.05) is 33.2 Å². The highest BCUT2D eigenvalue weighted by Crippen LogP contribution is 2.48. The molecule has 0 amide bonds. The van der Waals surface area contributed by atoms with Crippen molar-refractivity contribution in [2.45, 2.75) is 52.3 Å². The fraction of sp³-hybridized carbons (Fsp3) is 0.237. The maximum absolute atomic E-state index is 9.92. The van der Waals surface area contributed by atoms with E-state index in [0.29, 0.717) is 18.4 Å². The molecule has 0 aliphatic heterocycles. The van der Waals surface area contributed by atoms with Crippen LogP contribution in [0.4, 0.5) is 0 Å². The zero-order valence-corrected chi connectivity index (χ0v) is 22.8. The average molecular weight is 524 g/mol. The van der Waals surface area contributed by atoms with E-state index in [-0.39, 0.29) is 11.0 Å². The number of nitrogens with zero attached hydrogens (tertiary/aromatic N) is 1. The molecule has 40 heavy (non-hydrogen) atoms. The zero-order chi connectivity index (χ0) is 30.4.